The molecule has 6 nitrogen and oxygen atoms in total. The Labute approximate surface area is 202 Å². The number of fused-ring (bicyclic) bond motifs is 1. The van der Waals surface area contributed by atoms with Crippen molar-refractivity contribution in [3.8, 4) is 10.6 Å². The summed E-state index contributed by atoms with van der Waals surface area (Å²) in [7, 11) is -1.11. The first-order chi connectivity index (χ1) is 15.9. The Morgan fingerprint density at radius 3 is 2.79 bits per heavy atom. The van der Waals surface area contributed by atoms with Crippen LogP contribution >= 0.6 is 11.3 Å². The van der Waals surface area contributed by atoms with Gasteiger partial charge in [0.1, 0.15) is 17.4 Å². The Morgan fingerprint density at radius 2 is 2.03 bits per heavy atom. The van der Waals surface area contributed by atoms with E-state index in [1.807, 2.05) is 12.4 Å². The highest BCUT2D eigenvalue weighted by atomic mass is 32.1. The topological polar surface area (TPSA) is 55.2 Å². The monoisotopic (exact) mass is 483 g/mol. The van der Waals surface area contributed by atoms with Crippen LogP contribution < -0.4 is 10.2 Å². The molecule has 0 bridgehead atoms. The van der Waals surface area contributed by atoms with Crippen LogP contribution in [0.2, 0.25) is 25.7 Å². The van der Waals surface area contributed by atoms with Gasteiger partial charge in [0.2, 0.25) is 0 Å². The van der Waals surface area contributed by atoms with Crippen molar-refractivity contribution in [3.63, 3.8) is 0 Å². The maximum atomic E-state index is 6.13. The Morgan fingerprint density at radius 1 is 1.15 bits per heavy atom. The second kappa shape index (κ2) is 9.48. The third kappa shape index (κ3) is 5.04. The minimum Gasteiger partial charge on any atom is -0.369 e. The summed E-state index contributed by atoms with van der Waals surface area (Å²) in [6.07, 6.45) is 12.5. The van der Waals surface area contributed by atoms with Gasteiger partial charge >= 0.3 is 0 Å². The minimum atomic E-state index is -1.11. The molecular weight excluding hydrogens is 446 g/mol. The average Bonchev–Trinajstić information content (AvgIpc) is 3.45. The zero-order valence-corrected chi connectivity index (χ0v) is 22.1. The second-order valence-corrected chi connectivity index (χ2v) is 17.4. The summed E-state index contributed by atoms with van der Waals surface area (Å²) in [5.41, 5.74) is 3.73. The van der Waals surface area contributed by atoms with E-state index in [4.69, 9.17) is 9.72 Å². The molecule has 0 aliphatic carbocycles. The van der Waals surface area contributed by atoms with E-state index in [0.29, 0.717) is 6.73 Å². The van der Waals surface area contributed by atoms with Crippen molar-refractivity contribution in [3.05, 3.63) is 30.0 Å². The lowest BCUT2D eigenvalue weighted by molar-refractivity contribution is 0.0899. The van der Waals surface area contributed by atoms with Crippen molar-refractivity contribution in [1.29, 1.82) is 0 Å². The van der Waals surface area contributed by atoms with Gasteiger partial charge in [0.25, 0.3) is 0 Å². The zero-order valence-electron chi connectivity index (χ0n) is 20.3. The van der Waals surface area contributed by atoms with E-state index >= 15 is 0 Å². The van der Waals surface area contributed by atoms with Gasteiger partial charge in [0.05, 0.1) is 11.1 Å². The highest BCUT2D eigenvalue weighted by molar-refractivity contribution is 7.13. The molecule has 5 rings (SSSR count). The number of thiazole rings is 1. The third-order valence-electron chi connectivity index (χ3n) is 7.12. The number of aromatic nitrogens is 3. The molecule has 5 heterocycles. The van der Waals surface area contributed by atoms with E-state index in [-0.39, 0.29) is 5.54 Å². The maximum absolute atomic E-state index is 6.13. The summed E-state index contributed by atoms with van der Waals surface area (Å²) < 4.78 is 8.31. The van der Waals surface area contributed by atoms with E-state index in [1.165, 1.54) is 54.8 Å². The number of rotatable bonds is 7. The predicted molar refractivity (Wildman–Crippen MR) is 141 cm³/mol. The summed E-state index contributed by atoms with van der Waals surface area (Å²) in [5, 5.41) is 8.21. The van der Waals surface area contributed by atoms with Gasteiger partial charge in [-0.05, 0) is 44.3 Å². The smallest absolute Gasteiger partial charge is 0.144 e. The highest BCUT2D eigenvalue weighted by Crippen LogP contribution is 2.40. The van der Waals surface area contributed by atoms with E-state index in [2.05, 4.69) is 57.1 Å². The van der Waals surface area contributed by atoms with Gasteiger partial charge in [-0.1, -0.05) is 26.1 Å². The molecule has 178 valence electrons. The fourth-order valence-electron chi connectivity index (χ4n) is 5.34. The van der Waals surface area contributed by atoms with Gasteiger partial charge in [-0.3, -0.25) is 0 Å². The maximum Gasteiger partial charge on any atom is 0.144 e. The lowest BCUT2D eigenvalue weighted by atomic mass is 9.81. The fraction of sp³-hybridized carbons (Fsp3) is 0.600. The summed E-state index contributed by atoms with van der Waals surface area (Å²) >= 11 is 1.69. The number of hydrogen-bond acceptors (Lipinski definition) is 6. The van der Waals surface area contributed by atoms with Crippen LogP contribution in [0.3, 0.4) is 0 Å². The molecule has 0 radical (unpaired) electrons. The first-order valence-corrected chi connectivity index (χ1v) is 17.0. The van der Waals surface area contributed by atoms with E-state index < -0.39 is 8.07 Å². The Kier molecular flexibility index (Phi) is 6.62. The van der Waals surface area contributed by atoms with Gasteiger partial charge in [-0.25, -0.2) is 9.97 Å². The number of nitrogens with one attached hydrogen (secondary N) is 1. The first kappa shape index (κ1) is 23.0. The number of pyridine rings is 1. The molecule has 1 atom stereocenters. The van der Waals surface area contributed by atoms with Crippen molar-refractivity contribution in [1.82, 2.24) is 19.9 Å². The summed E-state index contributed by atoms with van der Waals surface area (Å²) in [4.78, 5) is 12.1. The van der Waals surface area contributed by atoms with E-state index in [1.54, 1.807) is 11.3 Å². The normalized spacial score (nSPS) is 21.8. The van der Waals surface area contributed by atoms with Crippen LogP contribution in [0.25, 0.3) is 21.6 Å². The number of hydrogen-bond donors (Lipinski definition) is 1. The van der Waals surface area contributed by atoms with Crippen LogP contribution in [-0.2, 0) is 11.5 Å². The van der Waals surface area contributed by atoms with Gasteiger partial charge < -0.3 is 19.5 Å². The molecule has 0 saturated carbocycles. The molecule has 2 saturated heterocycles. The molecule has 1 spiro atoms. The highest BCUT2D eigenvalue weighted by Gasteiger charge is 2.37. The van der Waals surface area contributed by atoms with Crippen LogP contribution in [-0.4, -0.2) is 54.4 Å². The largest absolute Gasteiger partial charge is 0.369 e. The summed E-state index contributed by atoms with van der Waals surface area (Å²) in [6, 6.07) is 3.38. The number of ether oxygens (including phenoxy) is 1. The molecule has 2 fully saturated rings. The molecule has 3 aromatic rings. The molecule has 0 amide bonds. The SMILES string of the molecule is C[Si](C)(C)CCOCn1cc(-c2nccs2)c2c(N3CCCC4(CCCCN4)C3)ccnc21. The quantitative estimate of drug-likeness (QED) is 0.351. The van der Waals surface area contributed by atoms with Crippen molar-refractivity contribution in [2.24, 2.45) is 0 Å². The molecule has 8 heteroatoms. The van der Waals surface area contributed by atoms with E-state index in [9.17, 15) is 0 Å². The predicted octanol–water partition coefficient (Wildman–Crippen LogP) is 5.58. The molecule has 2 aliphatic rings. The third-order valence-corrected chi connectivity index (χ3v) is 9.63. The molecule has 33 heavy (non-hydrogen) atoms. The molecule has 0 aromatic carbocycles. The van der Waals surface area contributed by atoms with Crippen LogP contribution in [0.15, 0.2) is 30.0 Å². The van der Waals surface area contributed by atoms with Gasteiger partial charge in [0, 0.05) is 62.8 Å². The van der Waals surface area contributed by atoms with Gasteiger partial charge in [-0.15, -0.1) is 11.3 Å². The summed E-state index contributed by atoms with van der Waals surface area (Å²) in [6.45, 7) is 11.8. The first-order valence-electron chi connectivity index (χ1n) is 12.4. The second-order valence-electron chi connectivity index (χ2n) is 10.9. The molecule has 1 unspecified atom stereocenters. The Balaban J connectivity index is 1.48. The fourth-order valence-corrected chi connectivity index (χ4v) is 6.75. The Bertz CT molecular complexity index is 1060. The van der Waals surface area contributed by atoms with Crippen LogP contribution in [0.5, 0.6) is 0 Å². The zero-order chi connectivity index (χ0) is 22.9. The minimum absolute atomic E-state index is 0.260. The number of anilines is 1. The molecule has 3 aromatic heterocycles. The van der Waals surface area contributed by atoms with Crippen molar-refractivity contribution < 1.29 is 4.74 Å². The Hall–Kier alpha value is -1.74. The van der Waals surface area contributed by atoms with Crippen LogP contribution in [0, 0.1) is 0 Å². The van der Waals surface area contributed by atoms with Crippen LogP contribution in [0.1, 0.15) is 32.1 Å². The van der Waals surface area contributed by atoms with Gasteiger partial charge in [-0.2, -0.15) is 0 Å². The standard InChI is InChI=1S/C25H37N5OSSi/c1-33(2,3)16-14-31-19-30-17-20(24-27-12-15-32-24)22-21(7-11-26-23(22)30)29-13-6-9-25(18-29)8-4-5-10-28-25/h7,11-12,15,17,28H,4-6,8-10,13-14,16,18-19H2,1-3H3. The number of piperidine rings is 2. The van der Waals surface area contributed by atoms with Gasteiger partial charge in [0.15, 0.2) is 0 Å². The average molecular weight is 484 g/mol. The number of nitrogens with zero attached hydrogens (tertiary/aromatic N) is 4. The van der Waals surface area contributed by atoms with Crippen LogP contribution in [0.4, 0.5) is 5.69 Å². The molecule has 2 aliphatic heterocycles. The molecular formula is C25H37N5OSSi. The van der Waals surface area contributed by atoms with Crippen molar-refractivity contribution in [2.45, 2.75) is 70.1 Å². The lowest BCUT2D eigenvalue weighted by Crippen LogP contribution is -2.59. The van der Waals surface area contributed by atoms with E-state index in [0.717, 1.165) is 36.9 Å². The summed E-state index contributed by atoms with van der Waals surface area (Å²) in [5.74, 6) is 0. The lowest BCUT2D eigenvalue weighted by Gasteiger charge is -2.47. The van der Waals surface area contributed by atoms with Crippen molar-refractivity contribution >= 4 is 36.1 Å². The molecule has 1 N–H and O–H groups in total. The van der Waals surface area contributed by atoms with Crippen molar-refractivity contribution in [2.75, 3.05) is 31.1 Å².